The molecule has 0 aliphatic carbocycles. The standard InChI is InChI=1S/C17H22N2O2/c1-13-10-16(18-21-13)17-8-3-2-4-9-19(17)12-14-6-5-7-15(20)11-14/h5-7,10-11,17,20H,2-4,8-9,12H2,1H3/t17-/m1/s1. The minimum atomic E-state index is 0.312. The number of rotatable bonds is 3. The molecule has 0 bridgehead atoms. The van der Waals surface area contributed by atoms with Crippen molar-refractivity contribution in [3.8, 4) is 5.75 Å². The SMILES string of the molecule is Cc1cc([C@H]2CCCCCN2Cc2cccc(O)c2)no1. The molecule has 1 saturated heterocycles. The first-order chi connectivity index (χ1) is 10.2. The van der Waals surface area contributed by atoms with Gasteiger partial charge >= 0.3 is 0 Å². The Kier molecular flexibility index (Phi) is 4.25. The molecule has 0 spiro atoms. The molecule has 112 valence electrons. The first-order valence-electron chi connectivity index (χ1n) is 7.67. The molecule has 0 amide bonds. The van der Waals surface area contributed by atoms with Crippen LogP contribution >= 0.6 is 0 Å². The molecule has 1 N–H and O–H groups in total. The summed E-state index contributed by atoms with van der Waals surface area (Å²) in [4.78, 5) is 2.46. The highest BCUT2D eigenvalue weighted by molar-refractivity contribution is 5.27. The third kappa shape index (κ3) is 3.45. The van der Waals surface area contributed by atoms with Crippen LogP contribution in [0.4, 0.5) is 0 Å². The smallest absolute Gasteiger partial charge is 0.133 e. The lowest BCUT2D eigenvalue weighted by molar-refractivity contribution is 0.183. The van der Waals surface area contributed by atoms with Crippen molar-refractivity contribution in [1.82, 2.24) is 10.1 Å². The highest BCUT2D eigenvalue weighted by Crippen LogP contribution is 2.31. The summed E-state index contributed by atoms with van der Waals surface area (Å²) < 4.78 is 5.26. The van der Waals surface area contributed by atoms with Gasteiger partial charge < -0.3 is 9.63 Å². The number of likely N-dealkylation sites (tertiary alicyclic amines) is 1. The van der Waals surface area contributed by atoms with Gasteiger partial charge in [-0.05, 0) is 44.0 Å². The van der Waals surface area contributed by atoms with Gasteiger partial charge in [0.2, 0.25) is 0 Å². The fourth-order valence-corrected chi connectivity index (χ4v) is 3.12. The van der Waals surface area contributed by atoms with E-state index in [1.54, 1.807) is 6.07 Å². The molecule has 0 saturated carbocycles. The van der Waals surface area contributed by atoms with E-state index in [9.17, 15) is 5.11 Å². The molecule has 1 aliphatic rings. The van der Waals surface area contributed by atoms with Crippen molar-refractivity contribution in [1.29, 1.82) is 0 Å². The minimum absolute atomic E-state index is 0.312. The van der Waals surface area contributed by atoms with Crippen LogP contribution in [0.25, 0.3) is 0 Å². The Balaban J connectivity index is 1.81. The van der Waals surface area contributed by atoms with Gasteiger partial charge in [0, 0.05) is 12.6 Å². The Bertz CT molecular complexity index is 594. The molecule has 1 aromatic heterocycles. The number of hydrogen-bond acceptors (Lipinski definition) is 4. The maximum absolute atomic E-state index is 9.64. The van der Waals surface area contributed by atoms with Crippen LogP contribution in [-0.2, 0) is 6.54 Å². The Morgan fingerprint density at radius 3 is 2.95 bits per heavy atom. The lowest BCUT2D eigenvalue weighted by Crippen LogP contribution is -2.28. The van der Waals surface area contributed by atoms with Crippen molar-refractivity contribution in [2.24, 2.45) is 0 Å². The van der Waals surface area contributed by atoms with Crippen LogP contribution in [0.5, 0.6) is 5.75 Å². The molecule has 1 aromatic carbocycles. The van der Waals surface area contributed by atoms with Crippen molar-refractivity contribution < 1.29 is 9.63 Å². The first-order valence-corrected chi connectivity index (χ1v) is 7.67. The Morgan fingerprint density at radius 1 is 1.29 bits per heavy atom. The molecule has 0 radical (unpaired) electrons. The van der Waals surface area contributed by atoms with Crippen molar-refractivity contribution in [3.63, 3.8) is 0 Å². The summed E-state index contributed by atoms with van der Waals surface area (Å²) in [5, 5.41) is 13.9. The molecule has 4 heteroatoms. The van der Waals surface area contributed by atoms with Crippen LogP contribution in [-0.4, -0.2) is 21.7 Å². The van der Waals surface area contributed by atoms with Crippen LogP contribution in [0.15, 0.2) is 34.9 Å². The van der Waals surface area contributed by atoms with E-state index in [1.165, 1.54) is 19.3 Å². The number of nitrogens with zero attached hydrogens (tertiary/aromatic N) is 2. The van der Waals surface area contributed by atoms with E-state index in [4.69, 9.17) is 4.52 Å². The zero-order valence-corrected chi connectivity index (χ0v) is 12.5. The Hall–Kier alpha value is -1.81. The number of aryl methyl sites for hydroxylation is 1. The number of phenolic OH excluding ortho intramolecular Hbond substituents is 1. The second-order valence-corrected chi connectivity index (χ2v) is 5.87. The van der Waals surface area contributed by atoms with E-state index in [1.807, 2.05) is 25.1 Å². The highest BCUT2D eigenvalue weighted by Gasteiger charge is 2.25. The molecule has 1 atom stereocenters. The third-order valence-corrected chi connectivity index (χ3v) is 4.15. The summed E-state index contributed by atoms with van der Waals surface area (Å²) in [6.45, 7) is 3.84. The molecule has 1 aliphatic heterocycles. The van der Waals surface area contributed by atoms with Gasteiger partial charge in [0.25, 0.3) is 0 Å². The van der Waals surface area contributed by atoms with Crippen molar-refractivity contribution >= 4 is 0 Å². The zero-order chi connectivity index (χ0) is 14.7. The van der Waals surface area contributed by atoms with Gasteiger partial charge in [0.05, 0.1) is 6.04 Å². The van der Waals surface area contributed by atoms with Crippen LogP contribution < -0.4 is 0 Å². The third-order valence-electron chi connectivity index (χ3n) is 4.15. The van der Waals surface area contributed by atoms with Crippen LogP contribution in [0.3, 0.4) is 0 Å². The van der Waals surface area contributed by atoms with Crippen molar-refractivity contribution in [3.05, 3.63) is 47.3 Å². The summed E-state index contributed by atoms with van der Waals surface area (Å²) >= 11 is 0. The van der Waals surface area contributed by atoms with Gasteiger partial charge in [-0.15, -0.1) is 0 Å². The number of aromatic nitrogens is 1. The van der Waals surface area contributed by atoms with Crippen LogP contribution in [0, 0.1) is 6.92 Å². The lowest BCUT2D eigenvalue weighted by Gasteiger charge is -2.28. The maximum Gasteiger partial charge on any atom is 0.133 e. The number of benzene rings is 1. The minimum Gasteiger partial charge on any atom is -0.508 e. The van der Waals surface area contributed by atoms with E-state index in [0.29, 0.717) is 11.8 Å². The van der Waals surface area contributed by atoms with Gasteiger partial charge in [-0.3, -0.25) is 4.90 Å². The molecular weight excluding hydrogens is 264 g/mol. The summed E-state index contributed by atoms with van der Waals surface area (Å²) in [5.74, 6) is 1.20. The predicted octanol–water partition coefficient (Wildman–Crippen LogP) is 3.81. The van der Waals surface area contributed by atoms with Gasteiger partial charge in [0.15, 0.2) is 0 Å². The monoisotopic (exact) mass is 286 g/mol. The summed E-state index contributed by atoms with van der Waals surface area (Å²) in [5.41, 5.74) is 2.18. The summed E-state index contributed by atoms with van der Waals surface area (Å²) in [6.07, 6.45) is 4.83. The van der Waals surface area contributed by atoms with Gasteiger partial charge in [-0.1, -0.05) is 30.1 Å². The topological polar surface area (TPSA) is 49.5 Å². The lowest BCUT2D eigenvalue weighted by atomic mass is 10.1. The van der Waals surface area contributed by atoms with Crippen molar-refractivity contribution in [2.45, 2.75) is 45.2 Å². The molecule has 4 nitrogen and oxygen atoms in total. The summed E-state index contributed by atoms with van der Waals surface area (Å²) in [6, 6.07) is 9.88. The second kappa shape index (κ2) is 6.31. The average molecular weight is 286 g/mol. The molecule has 2 aromatic rings. The van der Waals surface area contributed by atoms with Gasteiger partial charge in [-0.2, -0.15) is 0 Å². The fourth-order valence-electron chi connectivity index (χ4n) is 3.12. The molecule has 0 unspecified atom stereocenters. The quantitative estimate of drug-likeness (QED) is 0.932. The second-order valence-electron chi connectivity index (χ2n) is 5.87. The van der Waals surface area contributed by atoms with E-state index in [-0.39, 0.29) is 0 Å². The normalized spacial score (nSPS) is 20.3. The number of phenols is 1. The molecule has 21 heavy (non-hydrogen) atoms. The maximum atomic E-state index is 9.64. The van der Waals surface area contributed by atoms with Gasteiger partial charge in [-0.25, -0.2) is 0 Å². The molecule has 3 rings (SSSR count). The van der Waals surface area contributed by atoms with E-state index in [0.717, 1.165) is 36.5 Å². The van der Waals surface area contributed by atoms with Crippen molar-refractivity contribution in [2.75, 3.05) is 6.54 Å². The average Bonchev–Trinajstić information content (AvgIpc) is 2.75. The Morgan fingerprint density at radius 2 is 2.19 bits per heavy atom. The zero-order valence-electron chi connectivity index (χ0n) is 12.5. The van der Waals surface area contributed by atoms with Crippen LogP contribution in [0.1, 0.15) is 48.7 Å². The van der Waals surface area contributed by atoms with Crippen LogP contribution in [0.2, 0.25) is 0 Å². The first kappa shape index (κ1) is 14.1. The van der Waals surface area contributed by atoms with E-state index < -0.39 is 0 Å². The van der Waals surface area contributed by atoms with E-state index >= 15 is 0 Å². The Labute approximate surface area is 125 Å². The van der Waals surface area contributed by atoms with Gasteiger partial charge in [0.1, 0.15) is 17.2 Å². The summed E-state index contributed by atoms with van der Waals surface area (Å²) in [7, 11) is 0. The highest BCUT2D eigenvalue weighted by atomic mass is 16.5. The van der Waals surface area contributed by atoms with E-state index in [2.05, 4.69) is 16.1 Å². The number of aromatic hydroxyl groups is 1. The largest absolute Gasteiger partial charge is 0.508 e. The predicted molar refractivity (Wildman–Crippen MR) is 81.0 cm³/mol. The number of hydrogen-bond donors (Lipinski definition) is 1. The molecule has 1 fully saturated rings. The molecular formula is C17H22N2O2. The molecule has 2 heterocycles. The fraction of sp³-hybridized carbons (Fsp3) is 0.471.